The summed E-state index contributed by atoms with van der Waals surface area (Å²) in [5.74, 6) is -0.0787. The molecule has 0 aromatic rings. The van der Waals surface area contributed by atoms with Crippen molar-refractivity contribution in [3.05, 3.63) is 0 Å². The zero-order chi connectivity index (χ0) is 6.91. The Balaban J connectivity index is 2.34. The Bertz CT molecular complexity index is 129. The van der Waals surface area contributed by atoms with Gasteiger partial charge in [0, 0.05) is 0 Å². The number of carbonyl (C=O) groups is 1. The Morgan fingerprint density at radius 1 is 1.78 bits per heavy atom. The number of carbonyl (C=O) groups excluding carboxylic acids is 1. The SMILES string of the molecule is CNCC(=O)C1(O)CC1. The molecule has 0 aliphatic heterocycles. The normalized spacial score (nSPS) is 21.6. The molecule has 1 aliphatic carbocycles. The molecule has 3 nitrogen and oxygen atoms in total. The molecule has 52 valence electrons. The molecule has 0 bridgehead atoms. The smallest absolute Gasteiger partial charge is 0.178 e. The first-order chi connectivity index (χ1) is 4.19. The number of rotatable bonds is 3. The van der Waals surface area contributed by atoms with Crippen LogP contribution in [0.25, 0.3) is 0 Å². The van der Waals surface area contributed by atoms with Crippen molar-refractivity contribution in [3.8, 4) is 0 Å². The van der Waals surface area contributed by atoms with E-state index in [1.54, 1.807) is 7.05 Å². The van der Waals surface area contributed by atoms with Gasteiger partial charge in [0.2, 0.25) is 0 Å². The summed E-state index contributed by atoms with van der Waals surface area (Å²) in [5, 5.41) is 11.8. The zero-order valence-corrected chi connectivity index (χ0v) is 5.48. The first-order valence-electron chi connectivity index (χ1n) is 3.09. The van der Waals surface area contributed by atoms with Gasteiger partial charge >= 0.3 is 0 Å². The number of likely N-dealkylation sites (N-methyl/N-ethyl adjacent to an activating group) is 1. The first-order valence-corrected chi connectivity index (χ1v) is 3.09. The van der Waals surface area contributed by atoms with Crippen molar-refractivity contribution >= 4 is 5.78 Å². The van der Waals surface area contributed by atoms with Crippen molar-refractivity contribution in [2.45, 2.75) is 18.4 Å². The van der Waals surface area contributed by atoms with Gasteiger partial charge in [0.25, 0.3) is 0 Å². The summed E-state index contributed by atoms with van der Waals surface area (Å²) >= 11 is 0. The van der Waals surface area contributed by atoms with Gasteiger partial charge in [-0.05, 0) is 19.9 Å². The number of hydrogen-bond acceptors (Lipinski definition) is 3. The lowest BCUT2D eigenvalue weighted by Gasteiger charge is -2.03. The summed E-state index contributed by atoms with van der Waals surface area (Å²) in [4.78, 5) is 10.8. The van der Waals surface area contributed by atoms with Crippen LogP contribution in [-0.2, 0) is 4.79 Å². The van der Waals surface area contributed by atoms with Crippen molar-refractivity contribution in [2.24, 2.45) is 0 Å². The molecule has 1 rings (SSSR count). The van der Waals surface area contributed by atoms with E-state index in [1.165, 1.54) is 0 Å². The molecule has 0 unspecified atom stereocenters. The van der Waals surface area contributed by atoms with Crippen molar-refractivity contribution < 1.29 is 9.90 Å². The van der Waals surface area contributed by atoms with E-state index in [0.717, 1.165) is 0 Å². The third kappa shape index (κ3) is 1.28. The third-order valence-electron chi connectivity index (χ3n) is 1.58. The van der Waals surface area contributed by atoms with Crippen LogP contribution >= 0.6 is 0 Å². The second-order valence-corrected chi connectivity index (χ2v) is 2.49. The number of ketones is 1. The molecule has 9 heavy (non-hydrogen) atoms. The van der Waals surface area contributed by atoms with Gasteiger partial charge < -0.3 is 10.4 Å². The maximum absolute atomic E-state index is 10.8. The van der Waals surface area contributed by atoms with Gasteiger partial charge in [0.05, 0.1) is 6.54 Å². The first kappa shape index (κ1) is 6.71. The summed E-state index contributed by atoms with van der Waals surface area (Å²) in [6, 6.07) is 0. The van der Waals surface area contributed by atoms with Crippen LogP contribution in [0.3, 0.4) is 0 Å². The van der Waals surface area contributed by atoms with Crippen LogP contribution < -0.4 is 5.32 Å². The van der Waals surface area contributed by atoms with Crippen LogP contribution in [0.2, 0.25) is 0 Å². The third-order valence-corrected chi connectivity index (χ3v) is 1.58. The maximum atomic E-state index is 10.8. The summed E-state index contributed by atoms with van der Waals surface area (Å²) < 4.78 is 0. The van der Waals surface area contributed by atoms with Gasteiger partial charge in [-0.1, -0.05) is 0 Å². The Labute approximate surface area is 54.1 Å². The predicted molar refractivity (Wildman–Crippen MR) is 33.1 cm³/mol. The minimum atomic E-state index is -0.941. The Morgan fingerprint density at radius 2 is 2.33 bits per heavy atom. The molecule has 0 aromatic heterocycles. The second kappa shape index (κ2) is 2.08. The molecule has 3 heteroatoms. The predicted octanol–water partition coefficient (Wildman–Crippen LogP) is -0.700. The molecule has 2 N–H and O–H groups in total. The molecular formula is C6H11NO2. The minimum Gasteiger partial charge on any atom is -0.382 e. The minimum absolute atomic E-state index is 0.0787. The highest BCUT2D eigenvalue weighted by atomic mass is 16.3. The lowest BCUT2D eigenvalue weighted by molar-refractivity contribution is -0.128. The fourth-order valence-corrected chi connectivity index (χ4v) is 0.722. The lowest BCUT2D eigenvalue weighted by atomic mass is 10.2. The van der Waals surface area contributed by atoms with Crippen LogP contribution in [-0.4, -0.2) is 30.1 Å². The van der Waals surface area contributed by atoms with E-state index in [4.69, 9.17) is 5.11 Å². The summed E-state index contributed by atoms with van der Waals surface area (Å²) in [6.45, 7) is 0.288. The van der Waals surface area contributed by atoms with E-state index < -0.39 is 5.60 Å². The summed E-state index contributed by atoms with van der Waals surface area (Å²) in [6.07, 6.45) is 1.29. The Hall–Kier alpha value is -0.410. The van der Waals surface area contributed by atoms with E-state index in [-0.39, 0.29) is 12.3 Å². The molecule has 1 fully saturated rings. The molecule has 0 amide bonds. The van der Waals surface area contributed by atoms with E-state index in [1.807, 2.05) is 0 Å². The highest BCUT2D eigenvalue weighted by molar-refractivity contribution is 5.91. The van der Waals surface area contributed by atoms with Gasteiger partial charge in [-0.2, -0.15) is 0 Å². The molecule has 0 aromatic carbocycles. The van der Waals surface area contributed by atoms with Crippen LogP contribution in [0.4, 0.5) is 0 Å². The van der Waals surface area contributed by atoms with Crippen LogP contribution in [0.5, 0.6) is 0 Å². The molecule has 0 radical (unpaired) electrons. The van der Waals surface area contributed by atoms with Crippen LogP contribution in [0.1, 0.15) is 12.8 Å². The second-order valence-electron chi connectivity index (χ2n) is 2.49. The van der Waals surface area contributed by atoms with Crippen LogP contribution in [0.15, 0.2) is 0 Å². The number of aliphatic hydroxyl groups is 1. The van der Waals surface area contributed by atoms with Crippen LogP contribution in [0, 0.1) is 0 Å². The van der Waals surface area contributed by atoms with Crippen molar-refractivity contribution in [3.63, 3.8) is 0 Å². The van der Waals surface area contributed by atoms with Gasteiger partial charge in [0.1, 0.15) is 5.60 Å². The standard InChI is InChI=1S/C6H11NO2/c1-7-4-5(8)6(9)2-3-6/h7,9H,2-4H2,1H3. The van der Waals surface area contributed by atoms with E-state index in [9.17, 15) is 4.79 Å². The Kier molecular flexibility index (Phi) is 1.55. The van der Waals surface area contributed by atoms with E-state index in [0.29, 0.717) is 12.8 Å². The topological polar surface area (TPSA) is 49.3 Å². The zero-order valence-electron chi connectivity index (χ0n) is 5.48. The quantitative estimate of drug-likeness (QED) is 0.529. The van der Waals surface area contributed by atoms with E-state index in [2.05, 4.69) is 5.32 Å². The Morgan fingerprint density at radius 3 is 2.67 bits per heavy atom. The van der Waals surface area contributed by atoms with Crippen molar-refractivity contribution in [2.75, 3.05) is 13.6 Å². The highest BCUT2D eigenvalue weighted by Crippen LogP contribution is 2.35. The number of Topliss-reactive ketones (excluding diaryl/α,β-unsaturated/α-hetero) is 1. The monoisotopic (exact) mass is 129 g/mol. The van der Waals surface area contributed by atoms with Gasteiger partial charge in [-0.15, -0.1) is 0 Å². The molecule has 1 aliphatic rings. The summed E-state index contributed by atoms with van der Waals surface area (Å²) in [5.41, 5.74) is -0.941. The summed E-state index contributed by atoms with van der Waals surface area (Å²) in [7, 11) is 1.70. The van der Waals surface area contributed by atoms with Gasteiger partial charge in [-0.25, -0.2) is 0 Å². The fourth-order valence-electron chi connectivity index (χ4n) is 0.722. The van der Waals surface area contributed by atoms with Gasteiger partial charge in [-0.3, -0.25) is 4.79 Å². The molecule has 0 heterocycles. The number of nitrogens with one attached hydrogen (secondary N) is 1. The van der Waals surface area contributed by atoms with Crippen molar-refractivity contribution in [1.29, 1.82) is 0 Å². The fraction of sp³-hybridized carbons (Fsp3) is 0.833. The molecular weight excluding hydrogens is 118 g/mol. The molecule has 0 spiro atoms. The highest BCUT2D eigenvalue weighted by Gasteiger charge is 2.46. The van der Waals surface area contributed by atoms with E-state index >= 15 is 0 Å². The molecule has 0 saturated heterocycles. The molecule has 0 atom stereocenters. The largest absolute Gasteiger partial charge is 0.382 e. The number of hydrogen-bond donors (Lipinski definition) is 2. The average molecular weight is 129 g/mol. The van der Waals surface area contributed by atoms with Gasteiger partial charge in [0.15, 0.2) is 5.78 Å². The maximum Gasteiger partial charge on any atom is 0.178 e. The average Bonchev–Trinajstić information content (AvgIpc) is 2.50. The van der Waals surface area contributed by atoms with Crippen molar-refractivity contribution in [1.82, 2.24) is 5.32 Å². The lowest BCUT2D eigenvalue weighted by Crippen LogP contribution is -2.31. The molecule has 1 saturated carbocycles.